The second-order valence-corrected chi connectivity index (χ2v) is 6.90. The van der Waals surface area contributed by atoms with Crippen molar-refractivity contribution in [1.82, 2.24) is 15.0 Å². The number of benzene rings is 1. The maximum atomic E-state index is 12.1. The van der Waals surface area contributed by atoms with Gasteiger partial charge in [0.05, 0.1) is 28.2 Å². The van der Waals surface area contributed by atoms with E-state index in [1.807, 2.05) is 6.07 Å². The molecular formula is C16H13ClN4O3S. The first-order valence-electron chi connectivity index (χ1n) is 7.11. The van der Waals surface area contributed by atoms with Gasteiger partial charge in [-0.05, 0) is 24.3 Å². The van der Waals surface area contributed by atoms with Crippen molar-refractivity contribution in [3.63, 3.8) is 0 Å². The van der Waals surface area contributed by atoms with Gasteiger partial charge in [0, 0.05) is 18.6 Å². The average molecular weight is 377 g/mol. The lowest BCUT2D eigenvalue weighted by atomic mass is 10.1. The third-order valence-electron chi connectivity index (χ3n) is 3.28. The van der Waals surface area contributed by atoms with Crippen LogP contribution in [0.2, 0.25) is 5.02 Å². The number of primary sulfonamides is 1. The first kappa shape index (κ1) is 17.3. The molecule has 0 aliphatic heterocycles. The van der Waals surface area contributed by atoms with Crippen LogP contribution >= 0.6 is 11.6 Å². The molecule has 0 amide bonds. The number of rotatable bonds is 5. The van der Waals surface area contributed by atoms with Crippen LogP contribution in [0.25, 0.3) is 11.3 Å². The van der Waals surface area contributed by atoms with Crippen molar-refractivity contribution in [2.24, 2.45) is 5.14 Å². The zero-order chi connectivity index (χ0) is 17.9. The Hall–Kier alpha value is -2.55. The predicted octanol–water partition coefficient (Wildman–Crippen LogP) is 2.42. The number of ether oxygens (including phenoxy) is 1. The molecule has 3 aromatic rings. The van der Waals surface area contributed by atoms with Crippen molar-refractivity contribution in [3.8, 4) is 17.0 Å². The molecular weight excluding hydrogens is 364 g/mol. The molecule has 128 valence electrons. The fourth-order valence-electron chi connectivity index (χ4n) is 2.24. The summed E-state index contributed by atoms with van der Waals surface area (Å²) in [5, 5.41) is 5.32. The lowest BCUT2D eigenvalue weighted by Crippen LogP contribution is -2.15. The molecule has 0 saturated carbocycles. The zero-order valence-corrected chi connectivity index (χ0v) is 14.4. The van der Waals surface area contributed by atoms with Gasteiger partial charge in [-0.3, -0.25) is 15.0 Å². The number of pyridine rings is 1. The second kappa shape index (κ2) is 7.14. The highest BCUT2D eigenvalue weighted by molar-refractivity contribution is 7.89. The molecule has 1 aromatic carbocycles. The molecule has 0 radical (unpaired) electrons. The summed E-state index contributed by atoms with van der Waals surface area (Å²) < 4.78 is 29.9. The van der Waals surface area contributed by atoms with Crippen LogP contribution in [0, 0.1) is 0 Å². The minimum atomic E-state index is -4.11. The van der Waals surface area contributed by atoms with E-state index in [0.29, 0.717) is 5.69 Å². The van der Waals surface area contributed by atoms with Crippen LogP contribution in [0.15, 0.2) is 60.0 Å². The van der Waals surface area contributed by atoms with Gasteiger partial charge in [0.25, 0.3) is 0 Å². The molecule has 7 nitrogen and oxygen atoms in total. The third kappa shape index (κ3) is 3.93. The first-order chi connectivity index (χ1) is 12.0. The Balaban J connectivity index is 2.12. The first-order valence-corrected chi connectivity index (χ1v) is 9.03. The fourth-order valence-corrected chi connectivity index (χ4v) is 3.55. The van der Waals surface area contributed by atoms with Crippen molar-refractivity contribution < 1.29 is 13.2 Å². The fraction of sp³-hybridized carbons (Fsp3) is 0.0625. The Kier molecular flexibility index (Phi) is 4.93. The smallest absolute Gasteiger partial charge is 0.240 e. The van der Waals surface area contributed by atoms with E-state index in [9.17, 15) is 8.42 Å². The predicted molar refractivity (Wildman–Crippen MR) is 92.4 cm³/mol. The van der Waals surface area contributed by atoms with Crippen molar-refractivity contribution in [2.45, 2.75) is 11.5 Å². The maximum Gasteiger partial charge on any atom is 0.240 e. The van der Waals surface area contributed by atoms with Gasteiger partial charge in [0.15, 0.2) is 0 Å². The highest BCUT2D eigenvalue weighted by Crippen LogP contribution is 2.38. The van der Waals surface area contributed by atoms with Gasteiger partial charge in [-0.1, -0.05) is 17.7 Å². The second-order valence-electron chi connectivity index (χ2n) is 5.00. The number of hydrogen-bond acceptors (Lipinski definition) is 6. The SMILES string of the molecule is NS(=O)(=O)c1c(Cl)ccc(OCc2ccccn2)c1-c1cnccn1. The lowest BCUT2D eigenvalue weighted by molar-refractivity contribution is 0.302. The monoisotopic (exact) mass is 376 g/mol. The quantitative estimate of drug-likeness (QED) is 0.732. The molecule has 0 spiro atoms. The Morgan fingerprint density at radius 1 is 1.08 bits per heavy atom. The van der Waals surface area contributed by atoms with Crippen molar-refractivity contribution >= 4 is 21.6 Å². The standard InChI is InChI=1S/C16H13ClN4O3S/c17-12-4-5-14(24-10-11-3-1-2-6-20-11)15(16(12)25(18,22)23)13-9-19-7-8-21-13/h1-9H,10H2,(H2,18,22,23). The molecule has 9 heteroatoms. The maximum absolute atomic E-state index is 12.1. The molecule has 2 heterocycles. The Labute approximate surface area is 149 Å². The van der Waals surface area contributed by atoms with Gasteiger partial charge >= 0.3 is 0 Å². The number of nitrogens with two attached hydrogens (primary N) is 1. The largest absolute Gasteiger partial charge is 0.487 e. The van der Waals surface area contributed by atoms with Gasteiger partial charge in [-0.15, -0.1) is 0 Å². The van der Waals surface area contributed by atoms with E-state index < -0.39 is 10.0 Å². The summed E-state index contributed by atoms with van der Waals surface area (Å²) in [6.45, 7) is 0.139. The molecule has 25 heavy (non-hydrogen) atoms. The van der Waals surface area contributed by atoms with E-state index in [1.165, 1.54) is 24.7 Å². The summed E-state index contributed by atoms with van der Waals surface area (Å²) in [7, 11) is -4.11. The van der Waals surface area contributed by atoms with Gasteiger partial charge in [0.2, 0.25) is 10.0 Å². The molecule has 2 aromatic heterocycles. The highest BCUT2D eigenvalue weighted by Gasteiger charge is 2.24. The highest BCUT2D eigenvalue weighted by atomic mass is 35.5. The van der Waals surface area contributed by atoms with E-state index >= 15 is 0 Å². The van der Waals surface area contributed by atoms with E-state index in [-0.39, 0.29) is 33.5 Å². The Morgan fingerprint density at radius 3 is 2.56 bits per heavy atom. The van der Waals surface area contributed by atoms with Crippen LogP contribution in [0.5, 0.6) is 5.75 Å². The van der Waals surface area contributed by atoms with Crippen LogP contribution < -0.4 is 9.88 Å². The molecule has 0 atom stereocenters. The average Bonchev–Trinajstić information content (AvgIpc) is 2.61. The third-order valence-corrected chi connectivity index (χ3v) is 4.70. The summed E-state index contributed by atoms with van der Waals surface area (Å²) in [6, 6.07) is 8.38. The molecule has 0 saturated heterocycles. The van der Waals surface area contributed by atoms with Gasteiger partial charge < -0.3 is 4.74 Å². The van der Waals surface area contributed by atoms with Gasteiger partial charge in [0.1, 0.15) is 17.3 Å². The lowest BCUT2D eigenvalue weighted by Gasteiger charge is -2.15. The number of hydrogen-bond donors (Lipinski definition) is 1. The molecule has 2 N–H and O–H groups in total. The van der Waals surface area contributed by atoms with Crippen molar-refractivity contribution in [3.05, 3.63) is 65.8 Å². The Bertz CT molecular complexity index is 983. The van der Waals surface area contributed by atoms with Crippen LogP contribution in [0.1, 0.15) is 5.69 Å². The molecule has 3 rings (SSSR count). The van der Waals surface area contributed by atoms with Crippen molar-refractivity contribution in [2.75, 3.05) is 0 Å². The minimum absolute atomic E-state index is 0.0201. The van der Waals surface area contributed by atoms with E-state index in [2.05, 4.69) is 15.0 Å². The van der Waals surface area contributed by atoms with E-state index in [4.69, 9.17) is 21.5 Å². The zero-order valence-electron chi connectivity index (χ0n) is 12.8. The topological polar surface area (TPSA) is 108 Å². The van der Waals surface area contributed by atoms with Crippen LogP contribution in [0.4, 0.5) is 0 Å². The van der Waals surface area contributed by atoms with Gasteiger partial charge in [-0.2, -0.15) is 0 Å². The van der Waals surface area contributed by atoms with E-state index in [0.717, 1.165) is 0 Å². The molecule has 0 aliphatic rings. The molecule has 0 unspecified atom stereocenters. The number of nitrogens with zero attached hydrogens (tertiary/aromatic N) is 3. The summed E-state index contributed by atoms with van der Waals surface area (Å²) in [5.41, 5.74) is 1.13. The summed E-state index contributed by atoms with van der Waals surface area (Å²) in [5.74, 6) is 0.263. The van der Waals surface area contributed by atoms with E-state index in [1.54, 1.807) is 24.4 Å². The van der Waals surface area contributed by atoms with Crippen molar-refractivity contribution in [1.29, 1.82) is 0 Å². The Morgan fingerprint density at radius 2 is 1.92 bits per heavy atom. The molecule has 0 bridgehead atoms. The summed E-state index contributed by atoms with van der Waals surface area (Å²) in [4.78, 5) is 12.0. The van der Waals surface area contributed by atoms with Gasteiger partial charge in [-0.25, -0.2) is 13.6 Å². The minimum Gasteiger partial charge on any atom is -0.487 e. The summed E-state index contributed by atoms with van der Waals surface area (Å²) in [6.07, 6.45) is 5.96. The normalized spacial score (nSPS) is 11.3. The molecule has 0 aliphatic carbocycles. The van der Waals surface area contributed by atoms with Crippen LogP contribution in [0.3, 0.4) is 0 Å². The number of aromatic nitrogens is 3. The number of sulfonamides is 1. The number of halogens is 1. The summed E-state index contributed by atoms with van der Waals surface area (Å²) >= 11 is 6.08. The van der Waals surface area contributed by atoms with Crippen LogP contribution in [-0.2, 0) is 16.6 Å². The van der Waals surface area contributed by atoms with Crippen LogP contribution in [-0.4, -0.2) is 23.4 Å². The molecule has 0 fully saturated rings.